The van der Waals surface area contributed by atoms with E-state index in [1.54, 1.807) is 0 Å². The first-order valence-corrected chi connectivity index (χ1v) is 8.57. The fourth-order valence-corrected chi connectivity index (χ4v) is 2.67. The lowest BCUT2D eigenvalue weighted by Gasteiger charge is -1.98. The van der Waals surface area contributed by atoms with Crippen molar-refractivity contribution in [1.29, 1.82) is 0 Å². The standard InChI is InChI=1S/2C9H10O.C2H6.CH3F.F2/c1-7-2-3-8-5-10-6-9(8)4-7;1-7-3-2-4-8-5-10-6-9(7)8;3*1-2/h2*2-4H,5-6H2,1H3;1-2H3;1H3;. The van der Waals surface area contributed by atoms with Crippen molar-refractivity contribution in [3.8, 4) is 0 Å². The van der Waals surface area contributed by atoms with Crippen LogP contribution in [-0.2, 0) is 35.9 Å². The SMILES string of the molecule is CC.CF.Cc1ccc2c(c1)COC2.Cc1cccc2c1COC2.FF. The minimum Gasteiger partial charge on any atom is -0.372 e. The topological polar surface area (TPSA) is 18.5 Å². The van der Waals surface area contributed by atoms with Crippen molar-refractivity contribution in [3.63, 3.8) is 0 Å². The Morgan fingerprint density at radius 3 is 1.96 bits per heavy atom. The summed E-state index contributed by atoms with van der Waals surface area (Å²) in [5.74, 6) is 0. The summed E-state index contributed by atoms with van der Waals surface area (Å²) in [6.45, 7) is 11.5. The summed E-state index contributed by atoms with van der Waals surface area (Å²) in [5.41, 5.74) is 8.15. The van der Waals surface area contributed by atoms with E-state index in [4.69, 9.17) is 18.6 Å². The summed E-state index contributed by atoms with van der Waals surface area (Å²) in [5, 5.41) is 0. The highest BCUT2D eigenvalue weighted by atomic mass is 20.0. The number of hydrogen-bond donors (Lipinski definition) is 0. The van der Waals surface area contributed by atoms with Gasteiger partial charge in [0, 0.05) is 9.15 Å². The summed E-state index contributed by atoms with van der Waals surface area (Å²) in [6.07, 6.45) is 0. The third kappa shape index (κ3) is 7.18. The fraction of sp³-hybridized carbons (Fsp3) is 0.429. The molecule has 2 nitrogen and oxygen atoms in total. The minimum absolute atomic E-state index is 0.500. The molecule has 0 spiro atoms. The number of benzene rings is 2. The van der Waals surface area contributed by atoms with Crippen LogP contribution < -0.4 is 0 Å². The molecule has 0 atom stereocenters. The molecule has 0 aliphatic carbocycles. The smallest absolute Gasteiger partial charge is 0.0785 e. The maximum atomic E-state index is 9.50. The quantitative estimate of drug-likeness (QED) is 0.527. The largest absolute Gasteiger partial charge is 0.372 e. The Hall–Kier alpha value is -1.85. The van der Waals surface area contributed by atoms with E-state index in [1.807, 2.05) is 13.8 Å². The van der Waals surface area contributed by atoms with Crippen LogP contribution in [0.1, 0.15) is 47.2 Å². The Morgan fingerprint density at radius 2 is 1.31 bits per heavy atom. The molecular formula is C21H29F3O2. The number of halogens is 3. The molecular weight excluding hydrogens is 341 g/mol. The van der Waals surface area contributed by atoms with Crippen LogP contribution in [0.4, 0.5) is 13.5 Å². The third-order valence-corrected chi connectivity index (χ3v) is 3.89. The lowest BCUT2D eigenvalue weighted by atomic mass is 10.1. The maximum Gasteiger partial charge on any atom is 0.0785 e. The predicted octanol–water partition coefficient (Wildman–Crippen LogP) is 6.50. The second-order valence-electron chi connectivity index (χ2n) is 5.47. The zero-order valence-electron chi connectivity index (χ0n) is 16.2. The molecule has 0 aromatic heterocycles. The number of fused-ring (bicyclic) bond motifs is 2. The summed E-state index contributed by atoms with van der Waals surface area (Å²) in [4.78, 5) is 0. The highest BCUT2D eigenvalue weighted by Gasteiger charge is 2.11. The highest BCUT2D eigenvalue weighted by Crippen LogP contribution is 2.22. The van der Waals surface area contributed by atoms with Gasteiger partial charge in [0.15, 0.2) is 0 Å². The van der Waals surface area contributed by atoms with E-state index < -0.39 is 0 Å². The second kappa shape index (κ2) is 14.3. The minimum atomic E-state index is 0.500. The molecule has 0 fully saturated rings. The van der Waals surface area contributed by atoms with Gasteiger partial charge in [-0.15, -0.1) is 0 Å². The van der Waals surface area contributed by atoms with E-state index in [0.717, 1.165) is 26.4 Å². The van der Waals surface area contributed by atoms with E-state index in [9.17, 15) is 4.39 Å². The summed E-state index contributed by atoms with van der Waals surface area (Å²) in [6, 6.07) is 12.8. The molecule has 2 aromatic rings. The van der Waals surface area contributed by atoms with E-state index in [2.05, 4.69) is 50.2 Å². The van der Waals surface area contributed by atoms with Gasteiger partial charge >= 0.3 is 0 Å². The van der Waals surface area contributed by atoms with Crippen LogP contribution in [0.3, 0.4) is 0 Å². The maximum absolute atomic E-state index is 9.50. The Kier molecular flexibility index (Phi) is 13.3. The van der Waals surface area contributed by atoms with Crippen LogP contribution >= 0.6 is 0 Å². The van der Waals surface area contributed by atoms with E-state index in [1.165, 1.54) is 33.4 Å². The lowest BCUT2D eigenvalue weighted by molar-refractivity contribution is 0.108. The summed E-state index contributed by atoms with van der Waals surface area (Å²) in [7, 11) is 0.500. The Labute approximate surface area is 154 Å². The van der Waals surface area contributed by atoms with Crippen LogP contribution in [0, 0.1) is 13.8 Å². The van der Waals surface area contributed by atoms with Gasteiger partial charge in [0.1, 0.15) is 0 Å². The first-order valence-electron chi connectivity index (χ1n) is 8.57. The number of rotatable bonds is 0. The van der Waals surface area contributed by atoms with Crippen molar-refractivity contribution in [2.24, 2.45) is 0 Å². The van der Waals surface area contributed by atoms with Crippen molar-refractivity contribution >= 4 is 0 Å². The van der Waals surface area contributed by atoms with Crippen molar-refractivity contribution in [2.75, 3.05) is 7.18 Å². The predicted molar refractivity (Wildman–Crippen MR) is 99.9 cm³/mol. The van der Waals surface area contributed by atoms with Gasteiger partial charge in [-0.2, -0.15) is 0 Å². The van der Waals surface area contributed by atoms with Crippen LogP contribution in [0.5, 0.6) is 0 Å². The van der Waals surface area contributed by atoms with Gasteiger partial charge in [0.2, 0.25) is 0 Å². The average molecular weight is 370 g/mol. The highest BCUT2D eigenvalue weighted by molar-refractivity contribution is 5.35. The van der Waals surface area contributed by atoms with Crippen LogP contribution in [0.2, 0.25) is 0 Å². The van der Waals surface area contributed by atoms with Crippen molar-refractivity contribution in [2.45, 2.75) is 54.1 Å². The van der Waals surface area contributed by atoms with Crippen molar-refractivity contribution in [1.82, 2.24) is 0 Å². The first-order chi connectivity index (χ1) is 12.7. The molecule has 0 radical (unpaired) electrons. The molecule has 0 unspecified atom stereocenters. The van der Waals surface area contributed by atoms with Gasteiger partial charge in [-0.1, -0.05) is 55.8 Å². The molecule has 0 N–H and O–H groups in total. The average Bonchev–Trinajstić information content (AvgIpc) is 3.36. The molecule has 2 aliphatic rings. The number of ether oxygens (including phenoxy) is 2. The van der Waals surface area contributed by atoms with E-state index in [0.29, 0.717) is 7.18 Å². The lowest BCUT2D eigenvalue weighted by Crippen LogP contribution is -1.84. The molecule has 2 aromatic carbocycles. The van der Waals surface area contributed by atoms with E-state index in [-0.39, 0.29) is 0 Å². The molecule has 2 heterocycles. The first kappa shape index (κ1) is 24.1. The Balaban J connectivity index is 0.000000375. The summed E-state index contributed by atoms with van der Waals surface area (Å²) < 4.78 is 36.1. The van der Waals surface area contributed by atoms with Gasteiger partial charge in [0.05, 0.1) is 33.6 Å². The Morgan fingerprint density at radius 1 is 0.731 bits per heavy atom. The second-order valence-corrected chi connectivity index (χ2v) is 5.47. The Bertz CT molecular complexity index is 631. The van der Waals surface area contributed by atoms with Gasteiger partial charge in [-0.25, -0.2) is 0 Å². The molecule has 0 bridgehead atoms. The number of aryl methyl sites for hydroxylation is 2. The fourth-order valence-electron chi connectivity index (χ4n) is 2.67. The number of alkyl halides is 1. The van der Waals surface area contributed by atoms with Crippen LogP contribution in [0.15, 0.2) is 36.4 Å². The van der Waals surface area contributed by atoms with Gasteiger partial charge in [-0.05, 0) is 41.7 Å². The zero-order valence-corrected chi connectivity index (χ0v) is 16.2. The zero-order chi connectivity index (χ0) is 19.9. The normalized spacial score (nSPS) is 12.5. The third-order valence-electron chi connectivity index (χ3n) is 3.89. The van der Waals surface area contributed by atoms with Crippen LogP contribution in [0.25, 0.3) is 0 Å². The molecule has 0 amide bonds. The molecule has 4 rings (SSSR count). The molecule has 0 saturated heterocycles. The number of hydrogen-bond acceptors (Lipinski definition) is 2. The van der Waals surface area contributed by atoms with Gasteiger partial charge in [-0.3, -0.25) is 4.39 Å². The molecule has 2 aliphatic heterocycles. The summed E-state index contributed by atoms with van der Waals surface area (Å²) >= 11 is 0. The molecule has 0 saturated carbocycles. The van der Waals surface area contributed by atoms with Gasteiger partial charge < -0.3 is 9.47 Å². The van der Waals surface area contributed by atoms with E-state index >= 15 is 0 Å². The van der Waals surface area contributed by atoms with Crippen molar-refractivity contribution in [3.05, 3.63) is 69.8 Å². The molecule has 5 heteroatoms. The van der Waals surface area contributed by atoms with Crippen molar-refractivity contribution < 1.29 is 23.0 Å². The molecule has 146 valence electrons. The molecule has 26 heavy (non-hydrogen) atoms. The van der Waals surface area contributed by atoms with Crippen LogP contribution in [-0.4, -0.2) is 7.18 Å². The van der Waals surface area contributed by atoms with Gasteiger partial charge in [0.25, 0.3) is 0 Å². The monoisotopic (exact) mass is 370 g/mol.